The predicted octanol–water partition coefficient (Wildman–Crippen LogP) is 3.48. The van der Waals surface area contributed by atoms with Crippen molar-refractivity contribution >= 4 is 27.5 Å². The number of likely N-dealkylation sites (tertiary alicyclic amines) is 1. The van der Waals surface area contributed by atoms with E-state index in [9.17, 15) is 18.0 Å². The third-order valence-corrected chi connectivity index (χ3v) is 8.02. The van der Waals surface area contributed by atoms with E-state index >= 15 is 0 Å². The summed E-state index contributed by atoms with van der Waals surface area (Å²) in [5.74, 6) is 0.213. The Hall–Kier alpha value is -2.91. The fraction of sp³-hybridized carbons (Fsp3) is 0.462. The Bertz CT molecular complexity index is 1100. The Labute approximate surface area is 207 Å². The van der Waals surface area contributed by atoms with E-state index in [0.717, 1.165) is 63.6 Å². The number of amides is 2. The molecule has 2 fully saturated rings. The number of hydrogen-bond acceptors (Lipinski definition) is 5. The lowest BCUT2D eigenvalue weighted by Gasteiger charge is -2.22. The van der Waals surface area contributed by atoms with Crippen LogP contribution < -0.4 is 14.8 Å². The van der Waals surface area contributed by atoms with Crippen molar-refractivity contribution in [2.45, 2.75) is 62.3 Å². The Balaban J connectivity index is 1.22. The van der Waals surface area contributed by atoms with E-state index in [2.05, 4.69) is 10.0 Å². The van der Waals surface area contributed by atoms with Gasteiger partial charge in [0.15, 0.2) is 6.61 Å². The zero-order valence-corrected chi connectivity index (χ0v) is 20.7. The molecule has 1 saturated heterocycles. The smallest absolute Gasteiger partial charge is 0.262 e. The molecule has 0 bridgehead atoms. The van der Waals surface area contributed by atoms with Gasteiger partial charge >= 0.3 is 0 Å². The van der Waals surface area contributed by atoms with Crippen LogP contribution >= 0.6 is 0 Å². The predicted molar refractivity (Wildman–Crippen MR) is 134 cm³/mol. The SMILES string of the molecule is O=C(COc1ccc(S(=O)(=O)NC2CCCCC2)cc1)Nc1ccc(CC(=O)N2CCCC2)cc1. The Kier molecular flexibility index (Phi) is 8.41. The fourth-order valence-corrected chi connectivity index (χ4v) is 5.83. The van der Waals surface area contributed by atoms with Gasteiger partial charge in [-0.3, -0.25) is 9.59 Å². The summed E-state index contributed by atoms with van der Waals surface area (Å²) in [5, 5.41) is 2.76. The van der Waals surface area contributed by atoms with Gasteiger partial charge in [-0.05, 0) is 67.6 Å². The molecule has 35 heavy (non-hydrogen) atoms. The number of benzene rings is 2. The maximum Gasteiger partial charge on any atom is 0.262 e. The van der Waals surface area contributed by atoms with E-state index < -0.39 is 10.0 Å². The average Bonchev–Trinajstić information content (AvgIpc) is 3.40. The van der Waals surface area contributed by atoms with E-state index in [4.69, 9.17) is 4.74 Å². The van der Waals surface area contributed by atoms with Crippen LogP contribution in [0.3, 0.4) is 0 Å². The largest absolute Gasteiger partial charge is 0.484 e. The normalized spacial score (nSPS) is 16.7. The van der Waals surface area contributed by atoms with Crippen LogP contribution in [-0.2, 0) is 26.0 Å². The van der Waals surface area contributed by atoms with Crippen LogP contribution in [0.2, 0.25) is 0 Å². The molecule has 0 atom stereocenters. The summed E-state index contributed by atoms with van der Waals surface area (Å²) >= 11 is 0. The molecule has 0 spiro atoms. The number of sulfonamides is 1. The maximum atomic E-state index is 12.6. The van der Waals surface area contributed by atoms with Crippen molar-refractivity contribution in [3.63, 3.8) is 0 Å². The fourth-order valence-electron chi connectivity index (χ4n) is 4.53. The molecule has 0 radical (unpaired) electrons. The van der Waals surface area contributed by atoms with Crippen molar-refractivity contribution < 1.29 is 22.7 Å². The zero-order valence-electron chi connectivity index (χ0n) is 19.9. The van der Waals surface area contributed by atoms with Crippen LogP contribution in [0.25, 0.3) is 0 Å². The van der Waals surface area contributed by atoms with E-state index in [-0.39, 0.29) is 29.4 Å². The van der Waals surface area contributed by atoms with Gasteiger partial charge in [0, 0.05) is 24.8 Å². The molecule has 2 N–H and O–H groups in total. The van der Waals surface area contributed by atoms with Gasteiger partial charge in [0.2, 0.25) is 15.9 Å². The molecular weight excluding hydrogens is 466 g/mol. The highest BCUT2D eigenvalue weighted by Gasteiger charge is 2.22. The Morgan fingerprint density at radius 1 is 0.886 bits per heavy atom. The number of rotatable bonds is 9. The second-order valence-corrected chi connectivity index (χ2v) is 10.9. The number of carbonyl (C=O) groups is 2. The van der Waals surface area contributed by atoms with Gasteiger partial charge in [0.1, 0.15) is 5.75 Å². The molecule has 0 unspecified atom stereocenters. The first kappa shape index (κ1) is 25.2. The lowest BCUT2D eigenvalue weighted by molar-refractivity contribution is -0.129. The summed E-state index contributed by atoms with van der Waals surface area (Å²) in [5.41, 5.74) is 1.52. The minimum atomic E-state index is -3.57. The second kappa shape index (κ2) is 11.7. The minimum Gasteiger partial charge on any atom is -0.484 e. The first-order valence-corrected chi connectivity index (χ1v) is 13.8. The van der Waals surface area contributed by atoms with E-state index in [0.29, 0.717) is 17.9 Å². The van der Waals surface area contributed by atoms with Gasteiger partial charge in [-0.15, -0.1) is 0 Å². The number of ether oxygens (including phenoxy) is 1. The number of carbonyl (C=O) groups excluding carboxylic acids is 2. The number of hydrogen-bond donors (Lipinski definition) is 2. The van der Waals surface area contributed by atoms with Gasteiger partial charge in [-0.25, -0.2) is 13.1 Å². The highest BCUT2D eigenvalue weighted by molar-refractivity contribution is 7.89. The van der Waals surface area contributed by atoms with Crippen LogP contribution in [0.1, 0.15) is 50.5 Å². The topological polar surface area (TPSA) is 105 Å². The van der Waals surface area contributed by atoms with E-state index in [1.165, 1.54) is 12.1 Å². The highest BCUT2D eigenvalue weighted by Crippen LogP contribution is 2.21. The van der Waals surface area contributed by atoms with Gasteiger partial charge in [-0.2, -0.15) is 0 Å². The second-order valence-electron chi connectivity index (χ2n) is 9.23. The standard InChI is InChI=1S/C26H33N3O5S/c30-25(27-21-10-8-20(9-11-21)18-26(31)29-16-4-5-17-29)19-34-23-12-14-24(15-13-23)35(32,33)28-22-6-2-1-3-7-22/h8-15,22,28H,1-7,16-19H2,(H,27,30). The molecule has 1 aliphatic heterocycles. The summed E-state index contributed by atoms with van der Waals surface area (Å²) in [4.78, 5) is 26.6. The number of nitrogens with zero attached hydrogens (tertiary/aromatic N) is 1. The van der Waals surface area contributed by atoms with Gasteiger partial charge in [-0.1, -0.05) is 31.4 Å². The zero-order chi connectivity index (χ0) is 24.7. The number of anilines is 1. The quantitative estimate of drug-likeness (QED) is 0.550. The van der Waals surface area contributed by atoms with Crippen molar-refractivity contribution in [2.24, 2.45) is 0 Å². The Morgan fingerprint density at radius 2 is 1.54 bits per heavy atom. The summed E-state index contributed by atoms with van der Waals surface area (Å²) in [7, 11) is -3.57. The third-order valence-electron chi connectivity index (χ3n) is 6.48. The number of nitrogens with one attached hydrogen (secondary N) is 2. The summed E-state index contributed by atoms with van der Waals surface area (Å²) in [6.07, 6.45) is 7.49. The van der Waals surface area contributed by atoms with Crippen LogP contribution in [-0.4, -0.2) is 50.9 Å². The van der Waals surface area contributed by atoms with Crippen molar-refractivity contribution in [3.8, 4) is 5.75 Å². The molecular formula is C26H33N3O5S. The maximum absolute atomic E-state index is 12.6. The molecule has 1 saturated carbocycles. The molecule has 188 valence electrons. The molecule has 1 heterocycles. The molecule has 2 aromatic rings. The summed E-state index contributed by atoms with van der Waals surface area (Å²) in [6.45, 7) is 1.47. The molecule has 2 aliphatic rings. The van der Waals surface area contributed by atoms with Crippen molar-refractivity contribution in [1.82, 2.24) is 9.62 Å². The third kappa shape index (κ3) is 7.29. The van der Waals surface area contributed by atoms with Crippen molar-refractivity contribution in [2.75, 3.05) is 25.0 Å². The van der Waals surface area contributed by atoms with E-state index in [1.54, 1.807) is 24.3 Å². The summed E-state index contributed by atoms with van der Waals surface area (Å²) in [6, 6.07) is 13.3. The lowest BCUT2D eigenvalue weighted by atomic mass is 9.96. The molecule has 8 nitrogen and oxygen atoms in total. The van der Waals surface area contributed by atoms with Gasteiger partial charge < -0.3 is 15.0 Å². The van der Waals surface area contributed by atoms with Gasteiger partial charge in [0.25, 0.3) is 5.91 Å². The molecule has 2 amide bonds. The van der Waals surface area contributed by atoms with Gasteiger partial charge in [0.05, 0.1) is 11.3 Å². The lowest BCUT2D eigenvalue weighted by Crippen LogP contribution is -2.36. The van der Waals surface area contributed by atoms with Crippen LogP contribution in [0.5, 0.6) is 5.75 Å². The van der Waals surface area contributed by atoms with Crippen molar-refractivity contribution in [3.05, 3.63) is 54.1 Å². The highest BCUT2D eigenvalue weighted by atomic mass is 32.2. The van der Waals surface area contributed by atoms with Crippen LogP contribution in [0.15, 0.2) is 53.4 Å². The molecule has 1 aliphatic carbocycles. The van der Waals surface area contributed by atoms with Crippen LogP contribution in [0, 0.1) is 0 Å². The monoisotopic (exact) mass is 499 g/mol. The average molecular weight is 500 g/mol. The van der Waals surface area contributed by atoms with Crippen molar-refractivity contribution in [1.29, 1.82) is 0 Å². The molecule has 4 rings (SSSR count). The molecule has 2 aromatic carbocycles. The van der Waals surface area contributed by atoms with E-state index in [1.807, 2.05) is 17.0 Å². The first-order valence-electron chi connectivity index (χ1n) is 12.3. The molecule has 0 aromatic heterocycles. The molecule has 9 heteroatoms. The first-order chi connectivity index (χ1) is 16.9. The van der Waals surface area contributed by atoms with Crippen LogP contribution in [0.4, 0.5) is 5.69 Å². The minimum absolute atomic E-state index is 0.00648. The summed E-state index contributed by atoms with van der Waals surface area (Å²) < 4.78 is 33.5. The Morgan fingerprint density at radius 3 is 2.20 bits per heavy atom.